The van der Waals surface area contributed by atoms with Gasteiger partial charge in [-0.3, -0.25) is 14.8 Å². The van der Waals surface area contributed by atoms with Crippen molar-refractivity contribution < 1.29 is 9.47 Å². The summed E-state index contributed by atoms with van der Waals surface area (Å²) in [6.07, 6.45) is 6.27. The smallest absolute Gasteiger partial charge is 0.231 e. The van der Waals surface area contributed by atoms with E-state index in [0.717, 1.165) is 62.0 Å². The number of aromatic nitrogens is 1. The average Bonchev–Trinajstić information content (AvgIpc) is 3.29. The van der Waals surface area contributed by atoms with Gasteiger partial charge in [-0.2, -0.15) is 0 Å². The van der Waals surface area contributed by atoms with E-state index in [9.17, 15) is 0 Å². The molecule has 5 rings (SSSR count). The molecule has 0 aliphatic carbocycles. The zero-order valence-corrected chi connectivity index (χ0v) is 17.6. The number of ether oxygens (including phenoxy) is 2. The molecule has 0 saturated carbocycles. The molecule has 158 valence electrons. The predicted molar refractivity (Wildman–Crippen MR) is 123 cm³/mol. The van der Waals surface area contributed by atoms with Gasteiger partial charge in [0.25, 0.3) is 0 Å². The molecule has 1 saturated heterocycles. The minimum atomic E-state index is 0.319. The predicted octanol–water partition coefficient (Wildman–Crippen LogP) is 4.31. The number of rotatable bonds is 6. The lowest BCUT2D eigenvalue weighted by atomic mass is 10.0. The molecule has 31 heavy (non-hydrogen) atoms. The number of hydrogen-bond donors (Lipinski definition) is 0. The zero-order chi connectivity index (χ0) is 20.9. The van der Waals surface area contributed by atoms with Gasteiger partial charge >= 0.3 is 0 Å². The van der Waals surface area contributed by atoms with Gasteiger partial charge in [-0.05, 0) is 35.4 Å². The molecule has 1 aromatic heterocycles. The minimum absolute atomic E-state index is 0.319. The molecule has 0 bridgehead atoms. The maximum absolute atomic E-state index is 5.46. The van der Waals surface area contributed by atoms with Crippen molar-refractivity contribution >= 4 is 6.08 Å². The normalized spacial score (nSPS) is 16.8. The Labute approximate surface area is 183 Å². The Morgan fingerprint density at radius 3 is 2.52 bits per heavy atom. The second kappa shape index (κ2) is 9.33. The topological polar surface area (TPSA) is 37.8 Å². The molecule has 2 aliphatic rings. The van der Waals surface area contributed by atoms with E-state index in [1.54, 1.807) is 0 Å². The van der Waals surface area contributed by atoms with Crippen LogP contribution in [0.5, 0.6) is 11.5 Å². The highest BCUT2D eigenvalue weighted by molar-refractivity contribution is 5.63. The van der Waals surface area contributed by atoms with Gasteiger partial charge in [-0.1, -0.05) is 48.6 Å². The van der Waals surface area contributed by atoms with Crippen molar-refractivity contribution in [2.24, 2.45) is 0 Å². The molecule has 5 nitrogen and oxygen atoms in total. The van der Waals surface area contributed by atoms with Gasteiger partial charge in [-0.15, -0.1) is 0 Å². The summed E-state index contributed by atoms with van der Waals surface area (Å²) in [6, 6.07) is 20.8. The lowest BCUT2D eigenvalue weighted by Crippen LogP contribution is -2.45. The van der Waals surface area contributed by atoms with Crippen LogP contribution in [0.3, 0.4) is 0 Å². The van der Waals surface area contributed by atoms with E-state index in [1.807, 2.05) is 24.4 Å². The summed E-state index contributed by atoms with van der Waals surface area (Å²) in [5.74, 6) is 1.67. The third kappa shape index (κ3) is 4.79. The number of fused-ring (bicyclic) bond motifs is 1. The molecule has 0 unspecified atom stereocenters. The first-order valence-corrected chi connectivity index (χ1v) is 10.9. The molecule has 0 amide bonds. The highest BCUT2D eigenvalue weighted by Crippen LogP contribution is 2.32. The molecule has 3 aromatic rings. The molecule has 0 radical (unpaired) electrons. The first kappa shape index (κ1) is 19.8. The third-order valence-corrected chi connectivity index (χ3v) is 5.89. The summed E-state index contributed by atoms with van der Waals surface area (Å²) in [5, 5.41) is 0. The van der Waals surface area contributed by atoms with Gasteiger partial charge in [0.1, 0.15) is 0 Å². The van der Waals surface area contributed by atoms with Gasteiger partial charge in [0.15, 0.2) is 11.5 Å². The van der Waals surface area contributed by atoms with Crippen LogP contribution >= 0.6 is 0 Å². The van der Waals surface area contributed by atoms with Crippen molar-refractivity contribution in [1.29, 1.82) is 0 Å². The van der Waals surface area contributed by atoms with Crippen molar-refractivity contribution in [2.45, 2.75) is 6.54 Å². The highest BCUT2D eigenvalue weighted by Gasteiger charge is 2.18. The van der Waals surface area contributed by atoms with E-state index in [2.05, 4.69) is 69.4 Å². The van der Waals surface area contributed by atoms with Gasteiger partial charge < -0.3 is 9.47 Å². The van der Waals surface area contributed by atoms with Crippen LogP contribution in [-0.2, 0) is 6.54 Å². The van der Waals surface area contributed by atoms with Gasteiger partial charge in [0, 0.05) is 51.0 Å². The van der Waals surface area contributed by atoms with Crippen molar-refractivity contribution in [2.75, 3.05) is 39.5 Å². The zero-order valence-electron chi connectivity index (χ0n) is 17.6. The lowest BCUT2D eigenvalue weighted by molar-refractivity contribution is 0.137. The molecule has 0 atom stereocenters. The molecule has 2 aliphatic heterocycles. The summed E-state index contributed by atoms with van der Waals surface area (Å²) >= 11 is 0. The number of piperazine rings is 1. The summed E-state index contributed by atoms with van der Waals surface area (Å²) in [4.78, 5) is 9.59. The van der Waals surface area contributed by atoms with Crippen molar-refractivity contribution in [1.82, 2.24) is 14.8 Å². The van der Waals surface area contributed by atoms with E-state index < -0.39 is 0 Å². The number of hydrogen-bond acceptors (Lipinski definition) is 5. The Hall–Kier alpha value is -3.15. The fraction of sp³-hybridized carbons (Fsp3) is 0.269. The van der Waals surface area contributed by atoms with Gasteiger partial charge in [-0.25, -0.2) is 0 Å². The summed E-state index contributed by atoms with van der Waals surface area (Å²) in [6.45, 7) is 6.57. The average molecular weight is 414 g/mol. The number of pyridine rings is 1. The maximum Gasteiger partial charge on any atom is 0.231 e. The van der Waals surface area contributed by atoms with Crippen LogP contribution in [0.4, 0.5) is 0 Å². The van der Waals surface area contributed by atoms with Crippen LogP contribution in [0.2, 0.25) is 0 Å². The van der Waals surface area contributed by atoms with Gasteiger partial charge in [0.05, 0.1) is 5.69 Å². The van der Waals surface area contributed by atoms with Crippen LogP contribution in [0.25, 0.3) is 17.3 Å². The summed E-state index contributed by atoms with van der Waals surface area (Å²) < 4.78 is 10.8. The quantitative estimate of drug-likeness (QED) is 0.602. The summed E-state index contributed by atoms with van der Waals surface area (Å²) in [5.41, 5.74) is 4.77. The Bertz CT molecular complexity index is 1040. The largest absolute Gasteiger partial charge is 0.454 e. The Kier molecular flexibility index (Phi) is 5.96. The fourth-order valence-corrected chi connectivity index (χ4v) is 4.16. The van der Waals surface area contributed by atoms with E-state index in [-0.39, 0.29) is 0 Å². The molecule has 0 N–H and O–H groups in total. The van der Waals surface area contributed by atoms with E-state index in [1.165, 1.54) is 11.1 Å². The molecule has 3 heterocycles. The van der Waals surface area contributed by atoms with E-state index in [0.29, 0.717) is 6.79 Å². The third-order valence-electron chi connectivity index (χ3n) is 5.89. The second-order valence-electron chi connectivity index (χ2n) is 7.96. The molecule has 5 heteroatoms. The van der Waals surface area contributed by atoms with E-state index >= 15 is 0 Å². The van der Waals surface area contributed by atoms with Crippen molar-refractivity contribution in [3.63, 3.8) is 0 Å². The van der Waals surface area contributed by atoms with Crippen LogP contribution < -0.4 is 9.47 Å². The standard InChI is InChI=1S/C26H27N3O2/c1-2-8-23(24-9-3-4-12-27-24)22(7-1)19-29-16-14-28(15-17-29)13-5-6-21-10-11-25-26(18-21)31-20-30-25/h1-12,18H,13-17,19-20H2. The fourth-order valence-electron chi connectivity index (χ4n) is 4.16. The highest BCUT2D eigenvalue weighted by atomic mass is 16.7. The molecular weight excluding hydrogens is 386 g/mol. The lowest BCUT2D eigenvalue weighted by Gasteiger charge is -2.34. The van der Waals surface area contributed by atoms with E-state index in [4.69, 9.17) is 9.47 Å². The number of nitrogens with zero attached hydrogens (tertiary/aromatic N) is 3. The van der Waals surface area contributed by atoms with Crippen LogP contribution in [0.1, 0.15) is 11.1 Å². The van der Waals surface area contributed by atoms with Crippen molar-refractivity contribution in [3.05, 3.63) is 84.1 Å². The Balaban J connectivity index is 1.14. The minimum Gasteiger partial charge on any atom is -0.454 e. The molecular formula is C26H27N3O2. The van der Waals surface area contributed by atoms with Gasteiger partial charge in [0.2, 0.25) is 6.79 Å². The maximum atomic E-state index is 5.46. The van der Waals surface area contributed by atoms with Crippen molar-refractivity contribution in [3.8, 4) is 22.8 Å². The van der Waals surface area contributed by atoms with Crippen LogP contribution in [0.15, 0.2) is 72.9 Å². The number of benzene rings is 2. The Morgan fingerprint density at radius 1 is 0.839 bits per heavy atom. The second-order valence-corrected chi connectivity index (χ2v) is 7.96. The SMILES string of the molecule is C(=Cc1ccc2c(c1)OCO2)CN1CCN(Cc2ccccc2-c2ccccn2)CC1. The molecule has 1 fully saturated rings. The molecule has 2 aromatic carbocycles. The first-order valence-electron chi connectivity index (χ1n) is 10.9. The van der Waals surface area contributed by atoms with Crippen LogP contribution in [-0.4, -0.2) is 54.3 Å². The Morgan fingerprint density at radius 2 is 1.65 bits per heavy atom. The van der Waals surface area contributed by atoms with Crippen LogP contribution in [0, 0.1) is 0 Å². The molecule has 0 spiro atoms. The first-order chi connectivity index (χ1) is 15.3. The summed E-state index contributed by atoms with van der Waals surface area (Å²) in [7, 11) is 0. The monoisotopic (exact) mass is 413 g/mol.